The van der Waals surface area contributed by atoms with E-state index in [2.05, 4.69) is 5.32 Å². The minimum atomic E-state index is -0.628. The minimum Gasteiger partial charge on any atom is -0.332 e. The summed E-state index contributed by atoms with van der Waals surface area (Å²) in [5, 5.41) is 3.31. The fourth-order valence-corrected chi connectivity index (χ4v) is 2.30. The fraction of sp³-hybridized carbons (Fsp3) is 0.467. The minimum absolute atomic E-state index is 0. The van der Waals surface area contributed by atoms with Gasteiger partial charge in [-0.3, -0.25) is 9.59 Å². The molecule has 8 heteroatoms. The Labute approximate surface area is 152 Å². The van der Waals surface area contributed by atoms with Crippen molar-refractivity contribution in [2.75, 3.05) is 18.4 Å². The lowest BCUT2D eigenvalue weighted by Gasteiger charge is -2.25. The molecule has 0 radical (unpaired) electrons. The average Bonchev–Trinajstić information content (AvgIpc) is 2.47. The molecule has 1 unspecified atom stereocenters. The Bertz CT molecular complexity index is 533. The van der Waals surface area contributed by atoms with Crippen molar-refractivity contribution < 1.29 is 9.59 Å². The van der Waals surface area contributed by atoms with Crippen molar-refractivity contribution in [1.82, 2.24) is 4.90 Å². The number of nitrogens with zero attached hydrogens (tertiary/aromatic N) is 1. The molecule has 1 aromatic rings. The molecule has 1 rings (SSSR count). The molecule has 23 heavy (non-hydrogen) atoms. The Morgan fingerprint density at radius 3 is 2.22 bits per heavy atom. The first-order chi connectivity index (χ1) is 10.3. The maximum absolute atomic E-state index is 12.2. The van der Waals surface area contributed by atoms with Crippen LogP contribution in [-0.2, 0) is 9.59 Å². The van der Waals surface area contributed by atoms with Gasteiger partial charge in [-0.15, -0.1) is 12.4 Å². The number of nitrogens with two attached hydrogens (primary N) is 1. The lowest BCUT2D eigenvalue weighted by molar-refractivity contribution is -0.136. The molecule has 0 heterocycles. The predicted octanol–water partition coefficient (Wildman–Crippen LogP) is 3.19. The number of hydrogen-bond acceptors (Lipinski definition) is 3. The van der Waals surface area contributed by atoms with Gasteiger partial charge in [0.05, 0.1) is 28.3 Å². The number of amides is 2. The summed E-state index contributed by atoms with van der Waals surface area (Å²) in [4.78, 5) is 25.7. The van der Waals surface area contributed by atoms with Crippen LogP contribution in [0.25, 0.3) is 0 Å². The molecule has 0 fully saturated rings. The number of carbonyl (C=O) groups excluding carboxylic acids is 2. The van der Waals surface area contributed by atoms with Crippen LogP contribution >= 0.6 is 35.6 Å². The van der Waals surface area contributed by atoms with Crippen LogP contribution < -0.4 is 11.1 Å². The Morgan fingerprint density at radius 1 is 1.26 bits per heavy atom. The highest BCUT2D eigenvalue weighted by Gasteiger charge is 2.24. The first-order valence-corrected chi connectivity index (χ1v) is 7.81. The number of hydrogen-bond donors (Lipinski definition) is 2. The summed E-state index contributed by atoms with van der Waals surface area (Å²) in [6.45, 7) is 5.81. The lowest BCUT2D eigenvalue weighted by atomic mass is 10.0. The van der Waals surface area contributed by atoms with E-state index < -0.39 is 6.04 Å². The van der Waals surface area contributed by atoms with Crippen molar-refractivity contribution in [3.63, 3.8) is 0 Å². The zero-order valence-corrected chi connectivity index (χ0v) is 15.6. The molecule has 0 aliphatic heterocycles. The molecule has 3 N–H and O–H groups in total. The van der Waals surface area contributed by atoms with E-state index in [9.17, 15) is 9.59 Å². The fourth-order valence-electron chi connectivity index (χ4n) is 1.81. The average molecular weight is 383 g/mol. The Morgan fingerprint density at radius 2 is 1.78 bits per heavy atom. The number of carbonyl (C=O) groups is 2. The smallest absolute Gasteiger partial charge is 0.244 e. The Kier molecular flexibility index (Phi) is 9.54. The van der Waals surface area contributed by atoms with Gasteiger partial charge in [0.25, 0.3) is 0 Å². The van der Waals surface area contributed by atoms with Crippen molar-refractivity contribution in [3.05, 3.63) is 28.2 Å². The van der Waals surface area contributed by atoms with Crippen molar-refractivity contribution in [2.45, 2.75) is 26.8 Å². The maximum Gasteiger partial charge on any atom is 0.244 e. The number of likely N-dealkylation sites (N-methyl/N-ethyl adjacent to an activating group) is 1. The summed E-state index contributed by atoms with van der Waals surface area (Å²) in [5.41, 5.74) is 6.19. The molecule has 0 saturated heterocycles. The van der Waals surface area contributed by atoms with E-state index in [0.717, 1.165) is 0 Å². The maximum atomic E-state index is 12.2. The molecule has 1 aromatic carbocycles. The van der Waals surface area contributed by atoms with Crippen molar-refractivity contribution in [3.8, 4) is 0 Å². The molecular formula is C15H22Cl3N3O2. The van der Waals surface area contributed by atoms with Gasteiger partial charge in [0.2, 0.25) is 11.8 Å². The SMILES string of the molecule is CCN(CC(=O)Nc1c(Cl)cccc1Cl)C(=O)C(N)C(C)C.Cl. The highest BCUT2D eigenvalue weighted by Crippen LogP contribution is 2.29. The first-order valence-electron chi connectivity index (χ1n) is 7.06. The van der Waals surface area contributed by atoms with E-state index in [0.29, 0.717) is 22.3 Å². The van der Waals surface area contributed by atoms with E-state index in [4.69, 9.17) is 28.9 Å². The van der Waals surface area contributed by atoms with Gasteiger partial charge in [0.1, 0.15) is 0 Å². The Hall–Kier alpha value is -1.01. The summed E-state index contributed by atoms with van der Waals surface area (Å²) in [5.74, 6) is -0.623. The second-order valence-corrected chi connectivity index (χ2v) is 6.08. The summed E-state index contributed by atoms with van der Waals surface area (Å²) >= 11 is 12.0. The highest BCUT2D eigenvalue weighted by molar-refractivity contribution is 6.39. The number of nitrogens with one attached hydrogen (secondary N) is 1. The third-order valence-corrected chi connectivity index (χ3v) is 3.89. The molecule has 0 saturated carbocycles. The zero-order valence-electron chi connectivity index (χ0n) is 13.3. The summed E-state index contributed by atoms with van der Waals surface area (Å²) in [6.07, 6.45) is 0. The van der Waals surface area contributed by atoms with Crippen LogP contribution in [0.15, 0.2) is 18.2 Å². The molecule has 130 valence electrons. The number of rotatable bonds is 6. The van der Waals surface area contributed by atoms with Crippen LogP contribution in [0.4, 0.5) is 5.69 Å². The van der Waals surface area contributed by atoms with E-state index in [-0.39, 0.29) is 36.7 Å². The molecule has 0 bridgehead atoms. The molecule has 2 amide bonds. The highest BCUT2D eigenvalue weighted by atomic mass is 35.5. The third-order valence-electron chi connectivity index (χ3n) is 3.26. The van der Waals surface area contributed by atoms with Gasteiger partial charge in [-0.2, -0.15) is 0 Å². The summed E-state index contributed by atoms with van der Waals surface area (Å²) < 4.78 is 0. The van der Waals surface area contributed by atoms with Crippen LogP contribution in [0.3, 0.4) is 0 Å². The predicted molar refractivity (Wildman–Crippen MR) is 97.4 cm³/mol. The van der Waals surface area contributed by atoms with Gasteiger partial charge >= 0.3 is 0 Å². The van der Waals surface area contributed by atoms with Gasteiger partial charge in [0.15, 0.2) is 0 Å². The molecule has 1 atom stereocenters. The Balaban J connectivity index is 0.00000484. The number of anilines is 1. The molecule has 0 aliphatic rings. The van der Waals surface area contributed by atoms with Gasteiger partial charge in [-0.1, -0.05) is 43.1 Å². The molecular weight excluding hydrogens is 361 g/mol. The quantitative estimate of drug-likeness (QED) is 0.793. The van der Waals surface area contributed by atoms with Crippen LogP contribution in [0.5, 0.6) is 0 Å². The van der Waals surface area contributed by atoms with Crippen molar-refractivity contribution in [1.29, 1.82) is 0 Å². The van der Waals surface area contributed by atoms with E-state index in [1.54, 1.807) is 25.1 Å². The topological polar surface area (TPSA) is 75.4 Å². The zero-order chi connectivity index (χ0) is 16.9. The van der Waals surface area contributed by atoms with E-state index >= 15 is 0 Å². The molecule has 0 aliphatic carbocycles. The van der Waals surface area contributed by atoms with Crippen molar-refractivity contribution in [2.24, 2.45) is 11.7 Å². The van der Waals surface area contributed by atoms with Crippen LogP contribution in [-0.4, -0.2) is 35.8 Å². The normalized spacial score (nSPS) is 11.6. The van der Waals surface area contributed by atoms with Crippen LogP contribution in [0.1, 0.15) is 20.8 Å². The number of halogens is 3. The van der Waals surface area contributed by atoms with E-state index in [1.807, 2.05) is 13.8 Å². The second kappa shape index (κ2) is 9.98. The molecule has 5 nitrogen and oxygen atoms in total. The third kappa shape index (κ3) is 6.18. The van der Waals surface area contributed by atoms with Gasteiger partial charge < -0.3 is 16.0 Å². The summed E-state index contributed by atoms with van der Waals surface area (Å²) in [7, 11) is 0. The summed E-state index contributed by atoms with van der Waals surface area (Å²) in [6, 6.07) is 4.31. The number of benzene rings is 1. The number of para-hydroxylation sites is 1. The van der Waals surface area contributed by atoms with E-state index in [1.165, 1.54) is 4.90 Å². The molecule has 0 spiro atoms. The van der Waals surface area contributed by atoms with Gasteiger partial charge in [0, 0.05) is 6.54 Å². The largest absolute Gasteiger partial charge is 0.332 e. The second-order valence-electron chi connectivity index (χ2n) is 5.27. The standard InChI is InChI=1S/C15H21Cl2N3O2.ClH/c1-4-20(15(22)13(18)9(2)3)8-12(21)19-14-10(16)6-5-7-11(14)17;/h5-7,9,13H,4,8,18H2,1-3H3,(H,19,21);1H. The van der Waals surface area contributed by atoms with Gasteiger partial charge in [-0.25, -0.2) is 0 Å². The van der Waals surface area contributed by atoms with Crippen LogP contribution in [0, 0.1) is 5.92 Å². The monoisotopic (exact) mass is 381 g/mol. The molecule has 0 aromatic heterocycles. The lowest BCUT2D eigenvalue weighted by Crippen LogP contribution is -2.48. The van der Waals surface area contributed by atoms with Gasteiger partial charge in [-0.05, 0) is 25.0 Å². The van der Waals surface area contributed by atoms with Crippen molar-refractivity contribution >= 4 is 53.1 Å². The first kappa shape index (κ1) is 22.0. The van der Waals surface area contributed by atoms with Crippen LogP contribution in [0.2, 0.25) is 10.0 Å².